The molecule has 2 heterocycles. The monoisotopic (exact) mass is 478 g/mol. The van der Waals surface area contributed by atoms with Crippen molar-refractivity contribution < 1.29 is 9.53 Å². The van der Waals surface area contributed by atoms with Gasteiger partial charge in [-0.05, 0) is 20.8 Å². The van der Waals surface area contributed by atoms with E-state index in [4.69, 9.17) is 4.74 Å². The second kappa shape index (κ2) is 11.4. The molecule has 1 unspecified atom stereocenters. The molecule has 1 fully saturated rings. The zero-order valence-corrected chi connectivity index (χ0v) is 18.4. The summed E-state index contributed by atoms with van der Waals surface area (Å²) in [5, 5.41) is 10.4. The molecule has 1 amide bonds. The van der Waals surface area contributed by atoms with Gasteiger partial charge in [-0.25, -0.2) is 0 Å². The first kappa shape index (κ1) is 22.7. The zero-order valence-electron chi connectivity index (χ0n) is 16.1. The second-order valence-electron chi connectivity index (χ2n) is 6.46. The Morgan fingerprint density at radius 2 is 2.27 bits per heavy atom. The molecule has 1 atom stereocenters. The number of ether oxygens (including phenoxy) is 1. The molecule has 9 heteroatoms. The number of aromatic nitrogens is 2. The highest BCUT2D eigenvalue weighted by molar-refractivity contribution is 14.0. The number of carbonyl (C=O) groups is 1. The van der Waals surface area contributed by atoms with Crippen LogP contribution < -0.4 is 10.6 Å². The van der Waals surface area contributed by atoms with Gasteiger partial charge >= 0.3 is 0 Å². The Morgan fingerprint density at radius 1 is 1.50 bits per heavy atom. The van der Waals surface area contributed by atoms with E-state index in [0.717, 1.165) is 31.2 Å². The zero-order chi connectivity index (χ0) is 18.2. The predicted octanol–water partition coefficient (Wildman–Crippen LogP) is 1.29. The maximum Gasteiger partial charge on any atom is 0.222 e. The van der Waals surface area contributed by atoms with Gasteiger partial charge < -0.3 is 20.3 Å². The van der Waals surface area contributed by atoms with Gasteiger partial charge in [0.05, 0.1) is 25.9 Å². The molecule has 0 radical (unpaired) electrons. The summed E-state index contributed by atoms with van der Waals surface area (Å²) in [6.07, 6.45) is 4.20. The Morgan fingerprint density at radius 3 is 2.88 bits per heavy atom. The van der Waals surface area contributed by atoms with E-state index in [9.17, 15) is 4.79 Å². The molecular formula is C17H31IN6O2. The molecule has 0 aliphatic carbocycles. The minimum Gasteiger partial charge on any atom is -0.370 e. The maximum atomic E-state index is 11.8. The van der Waals surface area contributed by atoms with Crippen LogP contribution in [0.5, 0.6) is 0 Å². The average Bonchev–Trinajstić information content (AvgIpc) is 3.00. The normalized spacial score (nSPS) is 17.8. The molecule has 26 heavy (non-hydrogen) atoms. The molecule has 0 spiro atoms. The van der Waals surface area contributed by atoms with Gasteiger partial charge in [-0.3, -0.25) is 14.5 Å². The SMILES string of the molecule is CCNC(=NCCC(=O)NC(C)C)N1CCOC(c2cnn(C)c2)C1.I. The minimum absolute atomic E-state index is 0. The number of carbonyl (C=O) groups excluding carboxylic acids is 1. The molecule has 1 saturated heterocycles. The molecule has 0 bridgehead atoms. The number of aliphatic imine (C=N–C) groups is 1. The maximum absolute atomic E-state index is 11.8. The van der Waals surface area contributed by atoms with Crippen molar-refractivity contribution in [3.8, 4) is 0 Å². The standard InChI is InChI=1S/C17H30N6O2.HI/c1-5-18-17(19-7-6-16(24)21-13(2)3)23-8-9-25-15(12-23)14-10-20-22(4)11-14;/h10-11,13,15H,5-9,12H2,1-4H3,(H,18,19)(H,21,24);1H. The number of morpholine rings is 1. The summed E-state index contributed by atoms with van der Waals surface area (Å²) < 4.78 is 7.66. The van der Waals surface area contributed by atoms with E-state index in [-0.39, 0.29) is 42.0 Å². The van der Waals surface area contributed by atoms with Crippen LogP contribution in [0.4, 0.5) is 0 Å². The summed E-state index contributed by atoms with van der Waals surface area (Å²) in [6, 6.07) is 0.157. The van der Waals surface area contributed by atoms with Crippen molar-refractivity contribution in [2.45, 2.75) is 39.3 Å². The highest BCUT2D eigenvalue weighted by Gasteiger charge is 2.25. The Hall–Kier alpha value is -1.36. The lowest BCUT2D eigenvalue weighted by Crippen LogP contribution is -2.48. The van der Waals surface area contributed by atoms with E-state index in [1.54, 1.807) is 4.68 Å². The molecule has 1 aliphatic heterocycles. The number of rotatable bonds is 6. The highest BCUT2D eigenvalue weighted by atomic mass is 127. The molecular weight excluding hydrogens is 447 g/mol. The van der Waals surface area contributed by atoms with Gasteiger partial charge in [0, 0.05) is 44.4 Å². The van der Waals surface area contributed by atoms with Gasteiger partial charge in [0.15, 0.2) is 5.96 Å². The lowest BCUT2D eigenvalue weighted by molar-refractivity contribution is -0.121. The van der Waals surface area contributed by atoms with Crippen LogP contribution in [0, 0.1) is 0 Å². The number of amides is 1. The van der Waals surface area contributed by atoms with Crippen molar-refractivity contribution >= 4 is 35.8 Å². The number of hydrogen-bond donors (Lipinski definition) is 2. The Kier molecular flexibility index (Phi) is 9.92. The molecule has 148 valence electrons. The van der Waals surface area contributed by atoms with E-state index in [1.165, 1.54) is 0 Å². The third kappa shape index (κ3) is 7.10. The number of hydrogen-bond acceptors (Lipinski definition) is 4. The van der Waals surface area contributed by atoms with Crippen LogP contribution in [0.2, 0.25) is 0 Å². The van der Waals surface area contributed by atoms with E-state index in [0.29, 0.717) is 19.6 Å². The number of aryl methyl sites for hydroxylation is 1. The number of halogens is 1. The van der Waals surface area contributed by atoms with Crippen LogP contribution in [-0.2, 0) is 16.6 Å². The lowest BCUT2D eigenvalue weighted by atomic mass is 10.1. The lowest BCUT2D eigenvalue weighted by Gasteiger charge is -2.34. The van der Waals surface area contributed by atoms with Crippen molar-refractivity contribution in [1.82, 2.24) is 25.3 Å². The van der Waals surface area contributed by atoms with Gasteiger partial charge in [0.2, 0.25) is 5.91 Å². The molecule has 1 aliphatic rings. The summed E-state index contributed by atoms with van der Waals surface area (Å²) in [6.45, 7) is 9.34. The summed E-state index contributed by atoms with van der Waals surface area (Å²) in [4.78, 5) is 18.6. The molecule has 1 aromatic heterocycles. The smallest absolute Gasteiger partial charge is 0.222 e. The van der Waals surface area contributed by atoms with E-state index >= 15 is 0 Å². The molecule has 8 nitrogen and oxygen atoms in total. The van der Waals surface area contributed by atoms with Gasteiger partial charge in [0.25, 0.3) is 0 Å². The van der Waals surface area contributed by atoms with Crippen molar-refractivity contribution in [2.75, 3.05) is 32.8 Å². The van der Waals surface area contributed by atoms with Crippen LogP contribution in [0.1, 0.15) is 38.9 Å². The summed E-state index contributed by atoms with van der Waals surface area (Å²) in [5.41, 5.74) is 1.07. The Balaban J connectivity index is 0.00000338. The second-order valence-corrected chi connectivity index (χ2v) is 6.46. The molecule has 2 N–H and O–H groups in total. The van der Waals surface area contributed by atoms with E-state index in [2.05, 4.69) is 25.6 Å². The Bertz CT molecular complexity index is 590. The first-order valence-electron chi connectivity index (χ1n) is 8.92. The fourth-order valence-corrected chi connectivity index (χ4v) is 2.73. The van der Waals surface area contributed by atoms with Crippen LogP contribution in [-0.4, -0.2) is 65.4 Å². The average molecular weight is 478 g/mol. The van der Waals surface area contributed by atoms with Crippen LogP contribution in [0.15, 0.2) is 17.4 Å². The van der Waals surface area contributed by atoms with Gasteiger partial charge in [-0.2, -0.15) is 5.10 Å². The molecule has 0 saturated carbocycles. The van der Waals surface area contributed by atoms with Crippen molar-refractivity contribution in [1.29, 1.82) is 0 Å². The highest BCUT2D eigenvalue weighted by Crippen LogP contribution is 2.21. The van der Waals surface area contributed by atoms with Crippen LogP contribution in [0.3, 0.4) is 0 Å². The summed E-state index contributed by atoms with van der Waals surface area (Å²) in [7, 11) is 1.90. The first-order chi connectivity index (χ1) is 12.0. The van der Waals surface area contributed by atoms with E-state index in [1.807, 2.05) is 40.2 Å². The van der Waals surface area contributed by atoms with Crippen molar-refractivity contribution in [3.05, 3.63) is 18.0 Å². The number of nitrogens with one attached hydrogen (secondary N) is 2. The van der Waals surface area contributed by atoms with Crippen LogP contribution in [0.25, 0.3) is 0 Å². The van der Waals surface area contributed by atoms with E-state index < -0.39 is 0 Å². The number of nitrogens with zero attached hydrogens (tertiary/aromatic N) is 4. The van der Waals surface area contributed by atoms with Gasteiger partial charge in [-0.1, -0.05) is 0 Å². The first-order valence-corrected chi connectivity index (χ1v) is 8.92. The van der Waals surface area contributed by atoms with Crippen molar-refractivity contribution in [3.63, 3.8) is 0 Å². The molecule has 0 aromatic carbocycles. The number of guanidine groups is 1. The summed E-state index contributed by atoms with van der Waals surface area (Å²) in [5.74, 6) is 0.863. The fraction of sp³-hybridized carbons (Fsp3) is 0.706. The third-order valence-electron chi connectivity index (χ3n) is 3.85. The minimum atomic E-state index is -0.0180. The van der Waals surface area contributed by atoms with Crippen molar-refractivity contribution in [2.24, 2.45) is 12.0 Å². The molecule has 2 rings (SSSR count). The van der Waals surface area contributed by atoms with Gasteiger partial charge in [0.1, 0.15) is 6.10 Å². The summed E-state index contributed by atoms with van der Waals surface area (Å²) >= 11 is 0. The largest absolute Gasteiger partial charge is 0.370 e. The third-order valence-corrected chi connectivity index (χ3v) is 3.85. The molecule has 1 aromatic rings. The van der Waals surface area contributed by atoms with Gasteiger partial charge in [-0.15, -0.1) is 24.0 Å². The fourth-order valence-electron chi connectivity index (χ4n) is 2.73. The predicted molar refractivity (Wildman–Crippen MR) is 113 cm³/mol. The quantitative estimate of drug-likeness (QED) is 0.366. The Labute approximate surface area is 172 Å². The van der Waals surface area contributed by atoms with Crippen LogP contribution >= 0.6 is 24.0 Å². The topological polar surface area (TPSA) is 83.8 Å².